The van der Waals surface area contributed by atoms with Crippen molar-refractivity contribution in [2.75, 3.05) is 42.6 Å². The summed E-state index contributed by atoms with van der Waals surface area (Å²) >= 11 is 0. The minimum absolute atomic E-state index is 0.127. The monoisotopic (exact) mass is 380 g/mol. The van der Waals surface area contributed by atoms with E-state index in [9.17, 15) is 4.79 Å². The van der Waals surface area contributed by atoms with Crippen LogP contribution in [0.5, 0.6) is 0 Å². The summed E-state index contributed by atoms with van der Waals surface area (Å²) in [6.45, 7) is 3.45. The van der Waals surface area contributed by atoms with Crippen LogP contribution in [-0.4, -0.2) is 54.4 Å². The zero-order chi connectivity index (χ0) is 19.5. The predicted molar refractivity (Wildman–Crippen MR) is 109 cm³/mol. The molecular weight excluding hydrogens is 356 g/mol. The van der Waals surface area contributed by atoms with E-state index in [2.05, 4.69) is 9.88 Å². The summed E-state index contributed by atoms with van der Waals surface area (Å²) in [5, 5.41) is 9.12. The molecule has 4 rings (SSSR count). The molecule has 4 heterocycles. The maximum Gasteiger partial charge on any atom is 0.226 e. The first-order valence-corrected chi connectivity index (χ1v) is 9.59. The Morgan fingerprint density at radius 3 is 2.82 bits per heavy atom. The summed E-state index contributed by atoms with van der Waals surface area (Å²) in [5.74, 6) is 0.907. The average Bonchev–Trinajstić information content (AvgIpc) is 2.74. The molecule has 0 saturated carbocycles. The van der Waals surface area contributed by atoms with Crippen molar-refractivity contribution in [3.8, 4) is 0 Å². The van der Waals surface area contributed by atoms with Crippen molar-refractivity contribution < 1.29 is 9.53 Å². The van der Waals surface area contributed by atoms with Gasteiger partial charge < -0.3 is 20.3 Å². The maximum atomic E-state index is 12.6. The molecule has 1 amide bonds. The Bertz CT molecular complexity index is 936. The highest BCUT2D eigenvalue weighted by molar-refractivity contribution is 6.15. The number of hydrogen-bond acceptors (Lipinski definition) is 7. The highest BCUT2D eigenvalue weighted by atomic mass is 16.5. The van der Waals surface area contributed by atoms with Gasteiger partial charge in [0.25, 0.3) is 0 Å². The first-order valence-electron chi connectivity index (χ1n) is 9.59. The molecule has 2 saturated heterocycles. The van der Waals surface area contributed by atoms with Crippen molar-refractivity contribution in [3.05, 3.63) is 36.3 Å². The van der Waals surface area contributed by atoms with Crippen LogP contribution in [0.15, 0.2) is 30.6 Å². The van der Waals surface area contributed by atoms with Crippen molar-refractivity contribution in [2.24, 2.45) is 5.73 Å². The van der Waals surface area contributed by atoms with Crippen LogP contribution in [0, 0.1) is 5.41 Å². The third kappa shape index (κ3) is 3.43. The summed E-state index contributed by atoms with van der Waals surface area (Å²) < 4.78 is 5.46. The Morgan fingerprint density at radius 1 is 1.25 bits per heavy atom. The summed E-state index contributed by atoms with van der Waals surface area (Å²) in [6, 6.07) is 3.86. The van der Waals surface area contributed by atoms with Crippen LogP contribution >= 0.6 is 0 Å². The van der Waals surface area contributed by atoms with Gasteiger partial charge in [0.05, 0.1) is 24.6 Å². The minimum Gasteiger partial charge on any atom is -0.405 e. The molecule has 0 bridgehead atoms. The van der Waals surface area contributed by atoms with E-state index < -0.39 is 0 Å². The fourth-order valence-corrected chi connectivity index (χ4v) is 3.73. The highest BCUT2D eigenvalue weighted by Gasteiger charge is 2.25. The number of pyridine rings is 2. The molecule has 2 aliphatic rings. The third-order valence-electron chi connectivity index (χ3n) is 5.16. The Morgan fingerprint density at radius 2 is 2.07 bits per heavy atom. The number of fused-ring (bicyclic) bond motifs is 1. The number of carbonyl (C=O) groups is 1. The van der Waals surface area contributed by atoms with Gasteiger partial charge in [-0.05, 0) is 31.2 Å². The fourth-order valence-electron chi connectivity index (χ4n) is 3.73. The van der Waals surface area contributed by atoms with Crippen LogP contribution in [0.3, 0.4) is 0 Å². The molecule has 146 valence electrons. The molecule has 0 aliphatic carbocycles. The zero-order valence-electron chi connectivity index (χ0n) is 15.7. The lowest BCUT2D eigenvalue weighted by molar-refractivity contribution is -0.119. The van der Waals surface area contributed by atoms with Gasteiger partial charge in [-0.1, -0.05) is 0 Å². The van der Waals surface area contributed by atoms with Gasteiger partial charge in [-0.25, -0.2) is 4.98 Å². The van der Waals surface area contributed by atoms with Gasteiger partial charge in [-0.2, -0.15) is 0 Å². The number of piperidine rings is 1. The summed E-state index contributed by atoms with van der Waals surface area (Å²) in [4.78, 5) is 25.9. The number of hydrogen-bond donors (Lipinski definition) is 2. The SMILES string of the molecule is N=C(C=CN)c1nccc2c(N3CCCCC3=O)cc(N3CCOCC3)nc12. The van der Waals surface area contributed by atoms with Gasteiger partial charge in [0.15, 0.2) is 0 Å². The predicted octanol–water partition coefficient (Wildman–Crippen LogP) is 1.82. The largest absolute Gasteiger partial charge is 0.405 e. The van der Waals surface area contributed by atoms with E-state index in [0.717, 1.165) is 42.8 Å². The van der Waals surface area contributed by atoms with Crippen molar-refractivity contribution in [1.29, 1.82) is 5.41 Å². The van der Waals surface area contributed by atoms with Crippen LogP contribution in [0.1, 0.15) is 25.0 Å². The number of aromatic nitrogens is 2. The quantitative estimate of drug-likeness (QED) is 0.784. The highest BCUT2D eigenvalue weighted by Crippen LogP contribution is 2.33. The maximum absolute atomic E-state index is 12.6. The molecule has 0 aromatic carbocycles. The second kappa shape index (κ2) is 7.93. The van der Waals surface area contributed by atoms with E-state index in [1.54, 1.807) is 6.20 Å². The first-order chi connectivity index (χ1) is 13.7. The van der Waals surface area contributed by atoms with Gasteiger partial charge in [0.2, 0.25) is 5.91 Å². The number of carbonyl (C=O) groups excluding carboxylic acids is 1. The van der Waals surface area contributed by atoms with E-state index in [-0.39, 0.29) is 11.6 Å². The summed E-state index contributed by atoms with van der Waals surface area (Å²) in [5.41, 5.74) is 7.58. The molecule has 2 fully saturated rings. The molecule has 28 heavy (non-hydrogen) atoms. The van der Waals surface area contributed by atoms with Crippen LogP contribution in [0.25, 0.3) is 10.9 Å². The average molecular weight is 380 g/mol. The van der Waals surface area contributed by atoms with Gasteiger partial charge in [-0.15, -0.1) is 0 Å². The molecule has 0 unspecified atom stereocenters. The molecule has 2 aromatic heterocycles. The minimum atomic E-state index is 0.127. The number of anilines is 2. The van der Waals surface area contributed by atoms with E-state index in [1.165, 1.54) is 12.3 Å². The number of nitrogens with one attached hydrogen (secondary N) is 1. The number of allylic oxidation sites excluding steroid dienone is 1. The van der Waals surface area contributed by atoms with E-state index in [0.29, 0.717) is 37.4 Å². The van der Waals surface area contributed by atoms with Gasteiger partial charge in [0.1, 0.15) is 17.0 Å². The molecule has 0 atom stereocenters. The summed E-state index contributed by atoms with van der Waals surface area (Å²) in [7, 11) is 0. The van der Waals surface area contributed by atoms with Gasteiger partial charge >= 0.3 is 0 Å². The fraction of sp³-hybridized carbons (Fsp3) is 0.400. The Hall–Kier alpha value is -3.00. The number of nitrogens with zero attached hydrogens (tertiary/aromatic N) is 4. The van der Waals surface area contributed by atoms with Gasteiger partial charge in [-0.3, -0.25) is 15.2 Å². The molecule has 0 spiro atoms. The van der Waals surface area contributed by atoms with Gasteiger partial charge in [0, 0.05) is 43.7 Å². The van der Waals surface area contributed by atoms with Crippen molar-refractivity contribution in [1.82, 2.24) is 9.97 Å². The van der Waals surface area contributed by atoms with Crippen LogP contribution in [0.4, 0.5) is 11.5 Å². The number of amides is 1. The van der Waals surface area contributed by atoms with Crippen molar-refractivity contribution >= 4 is 34.0 Å². The second-order valence-corrected chi connectivity index (χ2v) is 6.93. The Labute approximate surface area is 163 Å². The zero-order valence-corrected chi connectivity index (χ0v) is 15.7. The smallest absolute Gasteiger partial charge is 0.226 e. The molecule has 2 aromatic rings. The van der Waals surface area contributed by atoms with Crippen LogP contribution in [0.2, 0.25) is 0 Å². The van der Waals surface area contributed by atoms with Crippen LogP contribution < -0.4 is 15.5 Å². The van der Waals surface area contributed by atoms with Crippen molar-refractivity contribution in [2.45, 2.75) is 19.3 Å². The Balaban J connectivity index is 1.91. The van der Waals surface area contributed by atoms with E-state index in [4.69, 9.17) is 20.9 Å². The standard InChI is InChI=1S/C20H24N6O2/c21-6-4-15(22)20-19-14(5-7-23-20)16(26-8-2-1-3-18(26)27)13-17(24-19)25-9-11-28-12-10-25/h4-7,13,22H,1-3,8-12,21H2. The topological polar surface area (TPSA) is 108 Å². The molecule has 8 nitrogen and oxygen atoms in total. The number of nitrogens with two attached hydrogens (primary N) is 1. The van der Waals surface area contributed by atoms with E-state index in [1.807, 2.05) is 17.0 Å². The molecule has 0 radical (unpaired) electrons. The van der Waals surface area contributed by atoms with Crippen molar-refractivity contribution in [3.63, 3.8) is 0 Å². The molecular formula is C20H24N6O2. The third-order valence-corrected chi connectivity index (χ3v) is 5.16. The molecule has 8 heteroatoms. The molecule has 2 aliphatic heterocycles. The number of ether oxygens (including phenoxy) is 1. The lowest BCUT2D eigenvalue weighted by Gasteiger charge is -2.31. The number of morpholine rings is 1. The normalized spacial score (nSPS) is 18.2. The lowest BCUT2D eigenvalue weighted by Crippen LogP contribution is -2.38. The summed E-state index contributed by atoms with van der Waals surface area (Å²) in [6.07, 6.45) is 6.94. The first kappa shape index (κ1) is 18.4. The van der Waals surface area contributed by atoms with Crippen LogP contribution in [-0.2, 0) is 9.53 Å². The van der Waals surface area contributed by atoms with E-state index >= 15 is 0 Å². The second-order valence-electron chi connectivity index (χ2n) is 6.93. The lowest BCUT2D eigenvalue weighted by atomic mass is 10.1. The molecule has 3 N–H and O–H groups in total. The Kier molecular flexibility index (Phi) is 5.21. The number of rotatable bonds is 4.